The second-order valence-corrected chi connectivity index (χ2v) is 8.40. The maximum atomic E-state index is 9.45. The second-order valence-electron chi connectivity index (χ2n) is 4.28. The molecule has 0 aliphatic carbocycles. The first-order chi connectivity index (χ1) is 11.5. The van der Waals surface area contributed by atoms with E-state index in [2.05, 4.69) is 15.8 Å². The molecule has 0 amide bonds. The fourth-order valence-electron chi connectivity index (χ4n) is 1.72. The first-order valence-corrected chi connectivity index (χ1v) is 10.7. The Morgan fingerprint density at radius 2 is 2.00 bits per heavy atom. The van der Waals surface area contributed by atoms with Crippen LogP contribution in [-0.2, 0) is 20.9 Å². The van der Waals surface area contributed by atoms with Crippen molar-refractivity contribution in [1.82, 2.24) is 4.37 Å². The van der Waals surface area contributed by atoms with E-state index in [0.717, 1.165) is 11.5 Å². The maximum Gasteiger partial charge on any atom is 0.381 e. The SMILES string of the molecule is CCOP(=S)(OCC)Oc1nsc(Nc2ccccc2Cl)c1C#N. The Morgan fingerprint density at radius 3 is 2.58 bits per heavy atom. The number of para-hydroxylation sites is 1. The van der Waals surface area contributed by atoms with Gasteiger partial charge in [-0.2, -0.15) is 9.64 Å². The third-order valence-corrected chi connectivity index (χ3v) is 6.14. The van der Waals surface area contributed by atoms with E-state index in [1.807, 2.05) is 12.1 Å². The van der Waals surface area contributed by atoms with E-state index >= 15 is 0 Å². The summed E-state index contributed by atoms with van der Waals surface area (Å²) >= 11 is 12.5. The summed E-state index contributed by atoms with van der Waals surface area (Å²) in [7, 11) is 0. The Labute approximate surface area is 154 Å². The quantitative estimate of drug-likeness (QED) is 0.615. The number of nitrogens with one attached hydrogen (secondary N) is 1. The molecule has 0 atom stereocenters. The molecule has 0 fully saturated rings. The predicted octanol–water partition coefficient (Wildman–Crippen LogP) is 5.09. The molecule has 2 aromatic rings. The number of benzene rings is 1. The van der Waals surface area contributed by atoms with Crippen molar-refractivity contribution in [2.24, 2.45) is 0 Å². The van der Waals surface area contributed by atoms with Gasteiger partial charge in [-0.05, 0) is 37.5 Å². The molecule has 10 heteroatoms. The van der Waals surface area contributed by atoms with Gasteiger partial charge in [0.05, 0.1) is 23.9 Å². The zero-order valence-electron chi connectivity index (χ0n) is 13.0. The Morgan fingerprint density at radius 1 is 1.33 bits per heavy atom. The summed E-state index contributed by atoms with van der Waals surface area (Å²) in [6.45, 7) is 1.28. The Hall–Kier alpha value is -1.20. The fraction of sp³-hybridized carbons (Fsp3) is 0.286. The molecule has 0 saturated carbocycles. The number of nitrogens with zero attached hydrogens (tertiary/aromatic N) is 2. The van der Waals surface area contributed by atoms with E-state index in [0.29, 0.717) is 28.9 Å². The van der Waals surface area contributed by atoms with Gasteiger partial charge >= 0.3 is 6.72 Å². The van der Waals surface area contributed by atoms with Crippen LogP contribution in [0.4, 0.5) is 10.7 Å². The largest absolute Gasteiger partial charge is 0.403 e. The first kappa shape index (κ1) is 19.1. The Bertz CT molecular complexity index is 784. The minimum Gasteiger partial charge on any atom is -0.403 e. The van der Waals surface area contributed by atoms with Crippen LogP contribution in [0.2, 0.25) is 5.02 Å². The highest BCUT2D eigenvalue weighted by atomic mass is 35.5. The highest BCUT2D eigenvalue weighted by Gasteiger charge is 2.26. The van der Waals surface area contributed by atoms with Crippen LogP contribution in [-0.4, -0.2) is 17.6 Å². The standard InChI is InChI=1S/C14H15ClN3O3PS2/c1-3-19-22(23,20-4-2)21-13-10(9-16)14(24-18-13)17-12-8-6-5-7-11(12)15/h5-8,17H,3-4H2,1-2H3. The third-order valence-electron chi connectivity index (χ3n) is 2.67. The molecular weight excluding hydrogens is 389 g/mol. The van der Waals surface area contributed by atoms with Crippen LogP contribution in [0.3, 0.4) is 0 Å². The van der Waals surface area contributed by atoms with Crippen LogP contribution >= 0.6 is 29.9 Å². The number of nitriles is 1. The molecule has 1 N–H and O–H groups in total. The molecule has 0 saturated heterocycles. The molecule has 2 rings (SSSR count). The van der Waals surface area contributed by atoms with Gasteiger partial charge in [0.2, 0.25) is 0 Å². The number of aromatic nitrogens is 1. The fourth-order valence-corrected chi connectivity index (χ4v) is 4.64. The van der Waals surface area contributed by atoms with Crippen LogP contribution in [0, 0.1) is 11.3 Å². The molecule has 0 radical (unpaired) electrons. The lowest BCUT2D eigenvalue weighted by atomic mass is 10.3. The summed E-state index contributed by atoms with van der Waals surface area (Å²) in [5.41, 5.74) is 0.897. The lowest BCUT2D eigenvalue weighted by Crippen LogP contribution is -2.03. The molecule has 1 aromatic heterocycles. The van der Waals surface area contributed by atoms with Crippen LogP contribution < -0.4 is 9.84 Å². The van der Waals surface area contributed by atoms with Crippen molar-refractivity contribution in [3.8, 4) is 11.9 Å². The van der Waals surface area contributed by atoms with Crippen LogP contribution in [0.25, 0.3) is 0 Å². The molecule has 6 nitrogen and oxygen atoms in total. The number of hydrogen-bond acceptors (Lipinski definition) is 8. The molecule has 128 valence electrons. The zero-order valence-corrected chi connectivity index (χ0v) is 16.3. The van der Waals surface area contributed by atoms with Gasteiger partial charge in [-0.25, -0.2) is 0 Å². The normalized spacial score (nSPS) is 11.1. The second kappa shape index (κ2) is 8.77. The Balaban J connectivity index is 2.28. The molecule has 1 heterocycles. The number of hydrogen-bond donors (Lipinski definition) is 1. The van der Waals surface area contributed by atoms with Gasteiger partial charge in [-0.15, -0.1) is 0 Å². The lowest BCUT2D eigenvalue weighted by Gasteiger charge is -2.19. The zero-order chi connectivity index (χ0) is 17.6. The summed E-state index contributed by atoms with van der Waals surface area (Å²) < 4.78 is 20.6. The first-order valence-electron chi connectivity index (χ1n) is 7.03. The van der Waals surface area contributed by atoms with Crippen LogP contribution in [0.1, 0.15) is 19.4 Å². The minimum atomic E-state index is -2.99. The molecule has 0 spiro atoms. The van der Waals surface area contributed by atoms with E-state index in [9.17, 15) is 5.26 Å². The summed E-state index contributed by atoms with van der Waals surface area (Å²) in [5.74, 6) is 0.0993. The van der Waals surface area contributed by atoms with E-state index in [1.54, 1.807) is 26.0 Å². The Kier molecular flexibility index (Phi) is 6.99. The van der Waals surface area contributed by atoms with Crippen LogP contribution in [0.15, 0.2) is 24.3 Å². The highest BCUT2D eigenvalue weighted by molar-refractivity contribution is 8.07. The molecule has 24 heavy (non-hydrogen) atoms. The number of anilines is 2. The maximum absolute atomic E-state index is 9.45. The van der Waals surface area contributed by atoms with Crippen LogP contribution in [0.5, 0.6) is 5.88 Å². The highest BCUT2D eigenvalue weighted by Crippen LogP contribution is 2.51. The van der Waals surface area contributed by atoms with Gasteiger partial charge in [-0.3, -0.25) is 9.05 Å². The topological polar surface area (TPSA) is 76.4 Å². The van der Waals surface area contributed by atoms with Gasteiger partial charge < -0.3 is 9.84 Å². The molecule has 1 aromatic carbocycles. The lowest BCUT2D eigenvalue weighted by molar-refractivity contribution is 0.216. The van der Waals surface area contributed by atoms with Crippen molar-refractivity contribution in [3.63, 3.8) is 0 Å². The average molecular weight is 404 g/mol. The predicted molar refractivity (Wildman–Crippen MR) is 99.7 cm³/mol. The molecule has 0 bridgehead atoms. The summed E-state index contributed by atoms with van der Waals surface area (Å²) in [5, 5.41) is 13.6. The van der Waals surface area contributed by atoms with E-state index in [-0.39, 0.29) is 11.4 Å². The van der Waals surface area contributed by atoms with Crippen molar-refractivity contribution in [2.45, 2.75) is 13.8 Å². The van der Waals surface area contributed by atoms with Crippen molar-refractivity contribution >= 4 is 52.3 Å². The monoisotopic (exact) mass is 403 g/mol. The van der Waals surface area contributed by atoms with E-state index in [1.165, 1.54) is 0 Å². The van der Waals surface area contributed by atoms with Gasteiger partial charge in [0, 0.05) is 11.8 Å². The van der Waals surface area contributed by atoms with Crippen molar-refractivity contribution in [3.05, 3.63) is 34.9 Å². The van der Waals surface area contributed by atoms with Gasteiger partial charge in [0.1, 0.15) is 11.1 Å². The molecular formula is C14H15ClN3O3PS2. The smallest absolute Gasteiger partial charge is 0.381 e. The van der Waals surface area contributed by atoms with E-state index < -0.39 is 6.72 Å². The molecule has 0 unspecified atom stereocenters. The third kappa shape index (κ3) is 4.67. The molecule has 0 aliphatic rings. The summed E-state index contributed by atoms with van der Waals surface area (Å²) in [6.07, 6.45) is 0. The summed E-state index contributed by atoms with van der Waals surface area (Å²) in [6, 6.07) is 9.27. The van der Waals surface area contributed by atoms with Crippen molar-refractivity contribution < 1.29 is 13.6 Å². The summed E-state index contributed by atoms with van der Waals surface area (Å²) in [4.78, 5) is 0. The van der Waals surface area contributed by atoms with Crippen molar-refractivity contribution in [1.29, 1.82) is 5.26 Å². The van der Waals surface area contributed by atoms with E-state index in [4.69, 9.17) is 37.0 Å². The van der Waals surface area contributed by atoms with Crippen molar-refractivity contribution in [2.75, 3.05) is 18.5 Å². The minimum absolute atomic E-state index is 0.0993. The van der Waals surface area contributed by atoms with Gasteiger partial charge in [0.15, 0.2) is 5.56 Å². The van der Waals surface area contributed by atoms with Gasteiger partial charge in [-0.1, -0.05) is 23.7 Å². The van der Waals surface area contributed by atoms with Gasteiger partial charge in [0.25, 0.3) is 5.88 Å². The number of halogens is 1. The average Bonchev–Trinajstić information content (AvgIpc) is 2.91. The molecule has 0 aliphatic heterocycles. The number of rotatable bonds is 8.